The van der Waals surface area contributed by atoms with E-state index in [1.807, 2.05) is 61.5 Å². The highest BCUT2D eigenvalue weighted by atomic mass is 32.2. The first kappa shape index (κ1) is 21.1. The first-order valence-corrected chi connectivity index (χ1v) is 11.3. The normalized spacial score (nSPS) is 13.7. The van der Waals surface area contributed by atoms with Crippen LogP contribution in [0.4, 0.5) is 5.69 Å². The fourth-order valence-corrected chi connectivity index (χ4v) is 4.66. The van der Waals surface area contributed by atoms with Crippen LogP contribution in [0.2, 0.25) is 0 Å². The number of carbonyl (C=O) groups is 2. The summed E-state index contributed by atoms with van der Waals surface area (Å²) in [5, 5.41) is 3.84. The number of fused-ring (bicyclic) bond motifs is 2. The third-order valence-electron chi connectivity index (χ3n) is 5.29. The molecule has 0 radical (unpaired) electrons. The van der Waals surface area contributed by atoms with Crippen LogP contribution >= 0.6 is 11.8 Å². The van der Waals surface area contributed by atoms with Crippen molar-refractivity contribution in [3.05, 3.63) is 84.1 Å². The van der Waals surface area contributed by atoms with Gasteiger partial charge in [0.25, 0.3) is 5.91 Å². The third kappa shape index (κ3) is 5.14. The molecule has 1 aromatic heterocycles. The molecule has 2 aromatic carbocycles. The number of aromatic nitrogens is 1. The van der Waals surface area contributed by atoms with E-state index in [1.54, 1.807) is 11.1 Å². The molecule has 0 fully saturated rings. The van der Waals surface area contributed by atoms with Gasteiger partial charge in [0.15, 0.2) is 0 Å². The molecule has 2 heterocycles. The lowest BCUT2D eigenvalue weighted by Crippen LogP contribution is -2.38. The number of amides is 2. The largest absolute Gasteiger partial charge is 0.354 e. The zero-order valence-corrected chi connectivity index (χ0v) is 18.3. The van der Waals surface area contributed by atoms with Crippen molar-refractivity contribution in [3.8, 4) is 0 Å². The number of hydrogen-bond acceptors (Lipinski definition) is 4. The second-order valence-corrected chi connectivity index (χ2v) is 8.66. The Morgan fingerprint density at radius 1 is 1.06 bits per heavy atom. The summed E-state index contributed by atoms with van der Waals surface area (Å²) in [5.74, 6) is -0.149. The number of benzene rings is 2. The lowest BCUT2D eigenvalue weighted by atomic mass is 10.1. The molecule has 3 aromatic rings. The van der Waals surface area contributed by atoms with Crippen LogP contribution in [0.1, 0.15) is 35.7 Å². The van der Waals surface area contributed by atoms with Gasteiger partial charge in [0, 0.05) is 30.1 Å². The summed E-state index contributed by atoms with van der Waals surface area (Å²) >= 11 is 1.49. The predicted molar refractivity (Wildman–Crippen MR) is 123 cm³/mol. The lowest BCUT2D eigenvalue weighted by Gasteiger charge is -2.23. The van der Waals surface area contributed by atoms with Crippen molar-refractivity contribution in [1.29, 1.82) is 0 Å². The van der Waals surface area contributed by atoms with Crippen molar-refractivity contribution < 1.29 is 9.59 Å². The highest BCUT2D eigenvalue weighted by molar-refractivity contribution is 7.99. The highest BCUT2D eigenvalue weighted by Crippen LogP contribution is 2.39. The zero-order valence-electron chi connectivity index (χ0n) is 17.5. The first-order valence-electron chi connectivity index (χ1n) is 10.5. The van der Waals surface area contributed by atoms with Gasteiger partial charge in [-0.3, -0.25) is 9.59 Å². The highest BCUT2D eigenvalue weighted by Gasteiger charge is 2.28. The molecule has 5 nitrogen and oxygen atoms in total. The van der Waals surface area contributed by atoms with Crippen LogP contribution in [0, 0.1) is 0 Å². The van der Waals surface area contributed by atoms with Gasteiger partial charge >= 0.3 is 0 Å². The van der Waals surface area contributed by atoms with Gasteiger partial charge in [0.05, 0.1) is 11.3 Å². The molecule has 31 heavy (non-hydrogen) atoms. The molecule has 1 atom stereocenters. The molecule has 1 N–H and O–H groups in total. The molecule has 1 aliphatic heterocycles. The van der Waals surface area contributed by atoms with Crippen molar-refractivity contribution >= 4 is 29.3 Å². The van der Waals surface area contributed by atoms with E-state index < -0.39 is 0 Å². The van der Waals surface area contributed by atoms with E-state index in [2.05, 4.69) is 22.4 Å². The Hall–Kier alpha value is -3.12. The third-order valence-corrected chi connectivity index (χ3v) is 6.37. The van der Waals surface area contributed by atoms with Crippen LogP contribution in [0.5, 0.6) is 0 Å². The van der Waals surface area contributed by atoms with E-state index in [0.29, 0.717) is 12.1 Å². The number of rotatable bonds is 7. The fourth-order valence-electron chi connectivity index (χ4n) is 3.64. The van der Waals surface area contributed by atoms with Crippen molar-refractivity contribution in [1.82, 2.24) is 10.3 Å². The maximum absolute atomic E-state index is 13.2. The number of hydrogen-bond donors (Lipinski definition) is 1. The SMILES string of the molecule is C[C@H](CCc1ccccc1)NC(=O)CCN1C(=O)c2ccccc2Sc2ncccc21. The van der Waals surface area contributed by atoms with Gasteiger partial charge in [-0.2, -0.15) is 0 Å². The summed E-state index contributed by atoms with van der Waals surface area (Å²) < 4.78 is 0. The summed E-state index contributed by atoms with van der Waals surface area (Å²) in [6, 6.07) is 21.6. The molecular weight excluding hydrogens is 406 g/mol. The Balaban J connectivity index is 1.40. The minimum Gasteiger partial charge on any atom is -0.354 e. The fraction of sp³-hybridized carbons (Fsp3) is 0.240. The number of anilines is 1. The molecule has 4 rings (SSSR count). The van der Waals surface area contributed by atoms with E-state index in [-0.39, 0.29) is 24.3 Å². The number of aryl methyl sites for hydroxylation is 1. The molecule has 0 bridgehead atoms. The second-order valence-electron chi connectivity index (χ2n) is 7.63. The first-order chi connectivity index (χ1) is 15.1. The Kier molecular flexibility index (Phi) is 6.67. The Morgan fingerprint density at radius 2 is 1.84 bits per heavy atom. The van der Waals surface area contributed by atoms with Gasteiger partial charge in [-0.05, 0) is 49.6 Å². The topological polar surface area (TPSA) is 62.3 Å². The Bertz CT molecular complexity index is 1070. The summed E-state index contributed by atoms with van der Waals surface area (Å²) in [5.41, 5.74) is 2.65. The summed E-state index contributed by atoms with van der Waals surface area (Å²) in [6.07, 6.45) is 3.75. The van der Waals surface area contributed by atoms with Crippen molar-refractivity contribution in [3.63, 3.8) is 0 Å². The van der Waals surface area contributed by atoms with Gasteiger partial charge in [-0.15, -0.1) is 0 Å². The van der Waals surface area contributed by atoms with Gasteiger partial charge in [0.2, 0.25) is 5.91 Å². The molecule has 0 spiro atoms. The van der Waals surface area contributed by atoms with Gasteiger partial charge in [-0.25, -0.2) is 4.98 Å². The summed E-state index contributed by atoms with van der Waals surface area (Å²) in [6.45, 7) is 2.33. The van der Waals surface area contributed by atoms with Crippen molar-refractivity contribution in [2.45, 2.75) is 42.1 Å². The van der Waals surface area contributed by atoms with E-state index in [0.717, 1.165) is 28.5 Å². The van der Waals surface area contributed by atoms with Crippen LogP contribution in [-0.2, 0) is 11.2 Å². The van der Waals surface area contributed by atoms with Crippen LogP contribution in [0.3, 0.4) is 0 Å². The van der Waals surface area contributed by atoms with Crippen molar-refractivity contribution in [2.24, 2.45) is 0 Å². The van der Waals surface area contributed by atoms with E-state index in [1.165, 1.54) is 17.3 Å². The van der Waals surface area contributed by atoms with Gasteiger partial charge in [0.1, 0.15) is 5.03 Å². The predicted octanol–water partition coefficient (Wildman–Crippen LogP) is 4.72. The molecule has 0 saturated carbocycles. The molecule has 0 aliphatic carbocycles. The molecule has 158 valence electrons. The molecule has 2 amide bonds. The van der Waals surface area contributed by atoms with E-state index in [9.17, 15) is 9.59 Å². The molecule has 0 saturated heterocycles. The monoisotopic (exact) mass is 431 g/mol. The molecule has 6 heteroatoms. The quantitative estimate of drug-likeness (QED) is 0.588. The molecule has 1 aliphatic rings. The smallest absolute Gasteiger partial charge is 0.259 e. The number of nitrogens with one attached hydrogen (secondary N) is 1. The zero-order chi connectivity index (χ0) is 21.6. The Labute approximate surface area is 186 Å². The van der Waals surface area contributed by atoms with Crippen LogP contribution in [0.25, 0.3) is 0 Å². The molecular formula is C25H25N3O2S. The van der Waals surface area contributed by atoms with Gasteiger partial charge < -0.3 is 10.2 Å². The number of nitrogens with zero attached hydrogens (tertiary/aromatic N) is 2. The maximum Gasteiger partial charge on any atom is 0.259 e. The van der Waals surface area contributed by atoms with Crippen LogP contribution in [-0.4, -0.2) is 29.4 Å². The number of carbonyl (C=O) groups excluding carboxylic acids is 2. The summed E-state index contributed by atoms with van der Waals surface area (Å²) in [7, 11) is 0. The molecule has 0 unspecified atom stereocenters. The maximum atomic E-state index is 13.2. The Morgan fingerprint density at radius 3 is 2.68 bits per heavy atom. The standard InChI is InChI=1S/C25H25N3O2S/c1-18(13-14-19-8-3-2-4-9-19)27-23(29)15-17-28-21-11-7-16-26-24(21)31-22-12-6-5-10-20(22)25(28)30/h2-12,16,18H,13-15,17H2,1H3,(H,27,29)/t18-/m1/s1. The second kappa shape index (κ2) is 9.79. The summed E-state index contributed by atoms with van der Waals surface area (Å²) in [4.78, 5) is 32.9. The lowest BCUT2D eigenvalue weighted by molar-refractivity contribution is -0.121. The average molecular weight is 432 g/mol. The van der Waals surface area contributed by atoms with E-state index in [4.69, 9.17) is 0 Å². The number of pyridine rings is 1. The van der Waals surface area contributed by atoms with E-state index >= 15 is 0 Å². The minimum atomic E-state index is -0.0974. The van der Waals surface area contributed by atoms with Gasteiger partial charge in [-0.1, -0.05) is 54.2 Å². The van der Waals surface area contributed by atoms with Crippen LogP contribution in [0.15, 0.2) is 82.8 Å². The van der Waals surface area contributed by atoms with Crippen LogP contribution < -0.4 is 10.2 Å². The van der Waals surface area contributed by atoms with Crippen molar-refractivity contribution in [2.75, 3.05) is 11.4 Å². The average Bonchev–Trinajstić information content (AvgIpc) is 2.91. The minimum absolute atomic E-state index is 0.0519.